The Labute approximate surface area is 168 Å². The van der Waals surface area contributed by atoms with Crippen LogP contribution in [0.4, 0.5) is 13.2 Å². The van der Waals surface area contributed by atoms with E-state index in [0.717, 1.165) is 37.1 Å². The van der Waals surface area contributed by atoms with E-state index in [1.807, 2.05) is 0 Å². The number of fused-ring (bicyclic) bond motifs is 2. The van der Waals surface area contributed by atoms with Gasteiger partial charge in [-0.1, -0.05) is 0 Å². The van der Waals surface area contributed by atoms with Crippen molar-refractivity contribution >= 4 is 15.8 Å². The first-order valence-electron chi connectivity index (χ1n) is 9.70. The number of nitrogens with one attached hydrogen (secondary N) is 1. The van der Waals surface area contributed by atoms with Crippen molar-refractivity contribution in [2.24, 2.45) is 11.8 Å². The van der Waals surface area contributed by atoms with Gasteiger partial charge in [0.2, 0.25) is 0 Å². The Morgan fingerprint density at radius 1 is 1.14 bits per heavy atom. The van der Waals surface area contributed by atoms with Gasteiger partial charge in [0.25, 0.3) is 0 Å². The van der Waals surface area contributed by atoms with Crippen molar-refractivity contribution in [3.63, 3.8) is 0 Å². The summed E-state index contributed by atoms with van der Waals surface area (Å²) in [7, 11) is -0.375. The third-order valence-electron chi connectivity index (χ3n) is 6.21. The minimum atomic E-state index is -4.52. The van der Waals surface area contributed by atoms with Crippen LogP contribution in [0.5, 0.6) is 0 Å². The Bertz CT molecular complexity index is 950. The van der Waals surface area contributed by atoms with E-state index in [9.17, 15) is 26.4 Å². The van der Waals surface area contributed by atoms with Crippen LogP contribution >= 0.6 is 0 Å². The first kappa shape index (κ1) is 20.4. The van der Waals surface area contributed by atoms with Crippen LogP contribution in [-0.2, 0) is 21.0 Å². The SMILES string of the molecule is CN(C)/C=C1\C(=O)CC2CC(C3CC3)C1[NH+]2S(=O)(=O)c1ccc(C(F)(F)F)cc1. The molecule has 9 heteroatoms. The third kappa shape index (κ3) is 3.59. The van der Waals surface area contributed by atoms with Crippen LogP contribution in [0, 0.1) is 11.8 Å². The topological polar surface area (TPSA) is 58.9 Å². The van der Waals surface area contributed by atoms with E-state index in [1.54, 1.807) is 25.2 Å². The molecule has 0 amide bonds. The molecule has 1 aromatic rings. The lowest BCUT2D eigenvalue weighted by atomic mass is 9.90. The summed E-state index contributed by atoms with van der Waals surface area (Å²) in [5, 5.41) is 0. The van der Waals surface area contributed by atoms with Gasteiger partial charge in [-0.05, 0) is 43.0 Å². The largest absolute Gasteiger partial charge is 0.416 e. The Balaban J connectivity index is 1.75. The smallest absolute Gasteiger partial charge is 0.383 e. The molecular weight excluding hydrogens is 405 g/mol. The highest BCUT2D eigenvalue weighted by Crippen LogP contribution is 2.46. The van der Waals surface area contributed by atoms with E-state index in [4.69, 9.17) is 0 Å². The predicted molar refractivity (Wildman–Crippen MR) is 99.4 cm³/mol. The van der Waals surface area contributed by atoms with Gasteiger partial charge in [-0.2, -0.15) is 21.6 Å². The van der Waals surface area contributed by atoms with E-state index < -0.39 is 27.8 Å². The number of quaternary nitrogens is 1. The quantitative estimate of drug-likeness (QED) is 0.743. The predicted octanol–water partition coefficient (Wildman–Crippen LogP) is 1.86. The normalized spacial score (nSPS) is 31.3. The van der Waals surface area contributed by atoms with Gasteiger partial charge >= 0.3 is 16.2 Å². The average Bonchev–Trinajstić information content (AvgIpc) is 3.41. The molecule has 4 rings (SSSR count). The molecule has 1 aromatic carbocycles. The van der Waals surface area contributed by atoms with Crippen molar-refractivity contribution in [3.05, 3.63) is 41.6 Å². The van der Waals surface area contributed by atoms with E-state index in [0.29, 0.717) is 22.2 Å². The summed E-state index contributed by atoms with van der Waals surface area (Å²) in [4.78, 5) is 14.3. The van der Waals surface area contributed by atoms with Crippen molar-refractivity contribution in [2.75, 3.05) is 14.1 Å². The zero-order valence-corrected chi connectivity index (χ0v) is 17.1. The number of sulfonamides is 1. The van der Waals surface area contributed by atoms with E-state index in [2.05, 4.69) is 0 Å². The molecule has 3 aliphatic rings. The molecule has 2 aliphatic heterocycles. The van der Waals surface area contributed by atoms with Gasteiger partial charge in [0, 0.05) is 32.6 Å². The number of rotatable bonds is 4. The van der Waals surface area contributed by atoms with Crippen molar-refractivity contribution < 1.29 is 30.7 Å². The van der Waals surface area contributed by atoms with E-state index in [1.165, 1.54) is 0 Å². The van der Waals surface area contributed by atoms with Gasteiger partial charge in [0.05, 0.1) is 17.6 Å². The molecule has 2 saturated heterocycles. The molecule has 4 unspecified atom stereocenters. The lowest BCUT2D eigenvalue weighted by Crippen LogP contribution is -3.20. The highest BCUT2D eigenvalue weighted by molar-refractivity contribution is 7.85. The zero-order chi connectivity index (χ0) is 21.1. The van der Waals surface area contributed by atoms with Gasteiger partial charge < -0.3 is 4.90 Å². The number of carbonyl (C=O) groups excluding carboxylic acids is 1. The highest BCUT2D eigenvalue weighted by Gasteiger charge is 2.61. The van der Waals surface area contributed by atoms with Crippen molar-refractivity contribution in [3.8, 4) is 0 Å². The number of nitrogens with zero attached hydrogens (tertiary/aromatic N) is 1. The average molecular weight is 429 g/mol. The fraction of sp³-hybridized carbons (Fsp3) is 0.550. The molecule has 3 fully saturated rings. The Kier molecular flexibility index (Phi) is 4.81. The first-order chi connectivity index (χ1) is 13.5. The van der Waals surface area contributed by atoms with E-state index >= 15 is 0 Å². The number of benzene rings is 1. The van der Waals surface area contributed by atoms with Crippen LogP contribution in [0.15, 0.2) is 40.9 Å². The number of halogens is 3. The standard InChI is InChI=1S/C20H23F3N2O3S/c1-24(2)11-17-18(26)10-14-9-16(12-3-4-12)19(17)25(14)29(27,28)15-7-5-13(6-8-15)20(21,22)23/h5-8,11-12,14,16,19H,3-4,9-10H2,1-2H3/p+1/b17-11+. The van der Waals surface area contributed by atoms with Crippen LogP contribution in [0.3, 0.4) is 0 Å². The van der Waals surface area contributed by atoms with Crippen molar-refractivity contribution in [2.45, 2.75) is 48.8 Å². The Morgan fingerprint density at radius 2 is 1.76 bits per heavy atom. The van der Waals surface area contributed by atoms with Gasteiger partial charge in [-0.15, -0.1) is 0 Å². The minimum absolute atomic E-state index is 0.0248. The van der Waals surface area contributed by atoms with Gasteiger partial charge in [-0.3, -0.25) is 4.79 Å². The molecule has 1 N–H and O–H groups in total. The van der Waals surface area contributed by atoms with Gasteiger partial charge in [0.15, 0.2) is 5.78 Å². The second kappa shape index (κ2) is 6.84. The summed E-state index contributed by atoms with van der Waals surface area (Å²) in [6.07, 6.45) is 0.0576. The molecule has 1 aliphatic carbocycles. The maximum absolute atomic E-state index is 13.5. The monoisotopic (exact) mass is 429 g/mol. The number of carbonyl (C=O) groups is 1. The number of piperidine rings is 1. The summed E-state index contributed by atoms with van der Waals surface area (Å²) in [5.41, 5.74) is -0.363. The molecule has 29 heavy (non-hydrogen) atoms. The lowest BCUT2D eigenvalue weighted by molar-refractivity contribution is -0.806. The van der Waals surface area contributed by atoms with Crippen LogP contribution in [0.1, 0.15) is 31.2 Å². The second-order valence-corrected chi connectivity index (χ2v) is 10.5. The van der Waals surface area contributed by atoms with Crippen LogP contribution < -0.4 is 4.31 Å². The Hall–Kier alpha value is -1.87. The molecule has 0 radical (unpaired) electrons. The van der Waals surface area contributed by atoms with E-state index in [-0.39, 0.29) is 29.1 Å². The molecule has 1 saturated carbocycles. The first-order valence-corrected chi connectivity index (χ1v) is 11.2. The number of ketones is 1. The summed E-state index contributed by atoms with van der Waals surface area (Å²) >= 11 is 0. The van der Waals surface area contributed by atoms with Crippen LogP contribution in [0.25, 0.3) is 0 Å². The van der Waals surface area contributed by atoms with Gasteiger partial charge in [-0.25, -0.2) is 4.31 Å². The minimum Gasteiger partial charge on any atom is -0.383 e. The Morgan fingerprint density at radius 3 is 2.28 bits per heavy atom. The van der Waals surface area contributed by atoms with Gasteiger partial charge in [0.1, 0.15) is 17.0 Å². The molecule has 5 nitrogen and oxygen atoms in total. The lowest BCUT2D eigenvalue weighted by Gasteiger charge is -2.33. The highest BCUT2D eigenvalue weighted by atomic mass is 32.2. The molecule has 2 heterocycles. The number of alkyl halides is 3. The summed E-state index contributed by atoms with van der Waals surface area (Å²) in [5.74, 6) is 0.499. The molecule has 158 valence electrons. The van der Waals surface area contributed by atoms with Crippen molar-refractivity contribution in [1.82, 2.24) is 4.90 Å². The third-order valence-corrected chi connectivity index (χ3v) is 8.31. The molecule has 2 bridgehead atoms. The number of hydrogen-bond donors (Lipinski definition) is 1. The number of hydrogen-bond acceptors (Lipinski definition) is 4. The zero-order valence-electron chi connectivity index (χ0n) is 16.2. The second-order valence-electron chi connectivity index (χ2n) is 8.51. The maximum Gasteiger partial charge on any atom is 0.416 e. The summed E-state index contributed by atoms with van der Waals surface area (Å²) in [6.45, 7) is 0. The molecule has 0 spiro atoms. The maximum atomic E-state index is 13.5. The summed E-state index contributed by atoms with van der Waals surface area (Å²) in [6, 6.07) is 2.84. The summed E-state index contributed by atoms with van der Waals surface area (Å²) < 4.78 is 65.8. The van der Waals surface area contributed by atoms with Crippen molar-refractivity contribution in [1.29, 1.82) is 0 Å². The molecule has 4 atom stereocenters. The fourth-order valence-electron chi connectivity index (χ4n) is 4.89. The van der Waals surface area contributed by atoms with Crippen LogP contribution in [-0.4, -0.2) is 45.3 Å². The fourth-order valence-corrected chi connectivity index (χ4v) is 6.91. The number of Topliss-reactive ketones (excluding diaryl/α,β-unsaturated/α-hetero) is 1. The molecular formula is C20H24F3N2O3S+. The van der Waals surface area contributed by atoms with Crippen LogP contribution in [0.2, 0.25) is 0 Å². The molecule has 0 aromatic heterocycles.